The molecule has 174 valence electrons. The van der Waals surface area contributed by atoms with Crippen LogP contribution >= 0.6 is 44.1 Å². The number of nitrogens with one attached hydrogen (secondary N) is 2. The minimum atomic E-state index is -0.396. The minimum Gasteiger partial charge on any atom is -0.495 e. The van der Waals surface area contributed by atoms with Crippen molar-refractivity contribution in [3.05, 3.63) is 74.7 Å². The molecule has 0 fully saturated rings. The van der Waals surface area contributed by atoms with Gasteiger partial charge in [-0.2, -0.15) is 0 Å². The molecule has 6 nitrogen and oxygen atoms in total. The summed E-state index contributed by atoms with van der Waals surface area (Å²) in [6, 6.07) is 17.0. The van der Waals surface area contributed by atoms with Gasteiger partial charge in [0.05, 0.1) is 17.1 Å². The van der Waals surface area contributed by atoms with E-state index in [0.717, 1.165) is 21.1 Å². The number of carbonyl (C=O) groups excluding carboxylic acids is 1. The molecule has 0 radical (unpaired) electrons. The Labute approximate surface area is 219 Å². The largest absolute Gasteiger partial charge is 0.495 e. The van der Waals surface area contributed by atoms with Gasteiger partial charge in [0, 0.05) is 15.7 Å². The number of methoxy groups -OCH3 is 1. The first-order valence-corrected chi connectivity index (χ1v) is 12.4. The third-order valence-corrected chi connectivity index (χ3v) is 6.38. The summed E-state index contributed by atoms with van der Waals surface area (Å²) >= 11 is 12.2. The number of nitrogens with zero attached hydrogens (tertiary/aromatic N) is 1. The Hall–Kier alpha value is -2.75. The number of carbonyl (C=O) groups is 1. The molecule has 2 N–H and O–H groups in total. The van der Waals surface area contributed by atoms with E-state index in [0.29, 0.717) is 33.3 Å². The van der Waals surface area contributed by atoms with E-state index in [-0.39, 0.29) is 5.11 Å². The van der Waals surface area contributed by atoms with Gasteiger partial charge in [0.1, 0.15) is 11.3 Å². The van der Waals surface area contributed by atoms with Gasteiger partial charge < -0.3 is 14.5 Å². The number of benzene rings is 3. The number of oxazole rings is 1. The molecule has 1 heterocycles. The van der Waals surface area contributed by atoms with Crippen LogP contribution in [-0.2, 0) is 0 Å². The number of hydrogen-bond acceptors (Lipinski definition) is 5. The monoisotopic (exact) mass is 601 g/mol. The number of fused-ring (bicyclic) bond motifs is 1. The van der Waals surface area contributed by atoms with Gasteiger partial charge in [0.2, 0.25) is 5.89 Å². The molecular formula is C25H21Br2N3O3S. The van der Waals surface area contributed by atoms with Gasteiger partial charge in [-0.05, 0) is 82.1 Å². The molecule has 3 aromatic carbocycles. The molecule has 0 atom stereocenters. The van der Waals surface area contributed by atoms with E-state index < -0.39 is 5.91 Å². The van der Waals surface area contributed by atoms with Gasteiger partial charge in [-0.15, -0.1) is 0 Å². The first-order chi connectivity index (χ1) is 16.2. The van der Waals surface area contributed by atoms with E-state index in [9.17, 15) is 4.79 Å². The number of anilines is 1. The second-order valence-corrected chi connectivity index (χ2v) is 10.0. The van der Waals surface area contributed by atoms with Crippen molar-refractivity contribution in [1.29, 1.82) is 0 Å². The van der Waals surface area contributed by atoms with E-state index >= 15 is 0 Å². The van der Waals surface area contributed by atoms with Crippen molar-refractivity contribution in [3.8, 4) is 17.2 Å². The summed E-state index contributed by atoms with van der Waals surface area (Å²) in [5, 5.41) is 5.89. The van der Waals surface area contributed by atoms with Gasteiger partial charge >= 0.3 is 0 Å². The summed E-state index contributed by atoms with van der Waals surface area (Å²) in [5.74, 6) is 0.944. The number of amides is 1. The number of rotatable bonds is 5. The van der Waals surface area contributed by atoms with Gasteiger partial charge in [0.15, 0.2) is 10.7 Å². The smallest absolute Gasteiger partial charge is 0.261 e. The standard InChI is InChI=1S/C25H21Br2N3O3S/c1-13(2)14-7-8-21-20(10-14)29-24(33-21)15-5-4-6-17(9-15)28-25(34)30-23(31)18-11-16(26)12-19(27)22(18)32-3/h4-13H,1-3H3,(H2,28,30,31,34). The molecule has 0 aliphatic rings. The van der Waals surface area contributed by atoms with Crippen LogP contribution in [0, 0.1) is 0 Å². The summed E-state index contributed by atoms with van der Waals surface area (Å²) in [4.78, 5) is 17.5. The number of ether oxygens (including phenoxy) is 1. The fourth-order valence-corrected chi connectivity index (χ4v) is 5.02. The highest BCUT2D eigenvalue weighted by atomic mass is 79.9. The highest BCUT2D eigenvalue weighted by molar-refractivity contribution is 9.11. The van der Waals surface area contributed by atoms with Gasteiger partial charge in [0.25, 0.3) is 5.91 Å². The van der Waals surface area contributed by atoms with Crippen LogP contribution in [0.3, 0.4) is 0 Å². The van der Waals surface area contributed by atoms with Crippen LogP contribution in [0.15, 0.2) is 68.0 Å². The van der Waals surface area contributed by atoms with Gasteiger partial charge in [-0.25, -0.2) is 4.98 Å². The summed E-state index contributed by atoms with van der Waals surface area (Å²) < 4.78 is 12.7. The SMILES string of the molecule is COc1c(Br)cc(Br)cc1C(=O)NC(=S)Nc1cccc(-c2nc3cc(C(C)C)ccc3o2)c1. The molecule has 0 saturated heterocycles. The molecule has 0 saturated carbocycles. The Bertz CT molecular complexity index is 1400. The van der Waals surface area contributed by atoms with Crippen LogP contribution < -0.4 is 15.4 Å². The maximum atomic E-state index is 12.8. The molecule has 0 aliphatic carbocycles. The van der Waals surface area contributed by atoms with Crippen molar-refractivity contribution in [1.82, 2.24) is 10.3 Å². The lowest BCUT2D eigenvalue weighted by Crippen LogP contribution is -2.34. The van der Waals surface area contributed by atoms with Crippen molar-refractivity contribution in [2.45, 2.75) is 19.8 Å². The first-order valence-electron chi connectivity index (χ1n) is 10.4. The summed E-state index contributed by atoms with van der Waals surface area (Å²) in [6.45, 7) is 4.29. The van der Waals surface area contributed by atoms with Crippen molar-refractivity contribution in [2.24, 2.45) is 0 Å². The van der Waals surface area contributed by atoms with Crippen LogP contribution in [0.5, 0.6) is 5.75 Å². The van der Waals surface area contributed by atoms with E-state index in [1.807, 2.05) is 36.4 Å². The Kier molecular flexibility index (Phi) is 7.35. The predicted molar refractivity (Wildman–Crippen MR) is 146 cm³/mol. The maximum absolute atomic E-state index is 12.8. The summed E-state index contributed by atoms with van der Waals surface area (Å²) in [6.07, 6.45) is 0. The average molecular weight is 603 g/mol. The van der Waals surface area contributed by atoms with Gasteiger partial charge in [-0.3, -0.25) is 10.1 Å². The average Bonchev–Trinajstić information content (AvgIpc) is 3.22. The predicted octanol–water partition coefficient (Wildman–Crippen LogP) is 7.28. The zero-order valence-corrected chi connectivity index (χ0v) is 22.6. The highest BCUT2D eigenvalue weighted by Gasteiger charge is 2.18. The fraction of sp³-hybridized carbons (Fsp3) is 0.160. The lowest BCUT2D eigenvalue weighted by Gasteiger charge is -2.13. The Morgan fingerprint density at radius 1 is 1.12 bits per heavy atom. The molecule has 1 aromatic heterocycles. The highest BCUT2D eigenvalue weighted by Crippen LogP contribution is 2.33. The van der Waals surface area contributed by atoms with E-state index in [2.05, 4.69) is 67.4 Å². The van der Waals surface area contributed by atoms with Crippen LogP contribution in [0.2, 0.25) is 0 Å². The van der Waals surface area contributed by atoms with Crippen LogP contribution in [0.25, 0.3) is 22.6 Å². The minimum absolute atomic E-state index is 0.152. The molecule has 9 heteroatoms. The lowest BCUT2D eigenvalue weighted by molar-refractivity contribution is 0.0974. The molecule has 4 aromatic rings. The molecule has 1 amide bonds. The molecule has 0 aliphatic heterocycles. The zero-order chi connectivity index (χ0) is 24.4. The van der Waals surface area contributed by atoms with Crippen LogP contribution in [0.1, 0.15) is 35.7 Å². The number of thiocarbonyl (C=S) groups is 1. The van der Waals surface area contributed by atoms with Crippen molar-refractivity contribution < 1.29 is 13.9 Å². The second kappa shape index (κ2) is 10.2. The van der Waals surface area contributed by atoms with E-state index in [1.165, 1.54) is 12.7 Å². The number of aromatic nitrogens is 1. The van der Waals surface area contributed by atoms with Gasteiger partial charge in [-0.1, -0.05) is 41.9 Å². The topological polar surface area (TPSA) is 76.4 Å². The van der Waals surface area contributed by atoms with Crippen LogP contribution in [0.4, 0.5) is 5.69 Å². The third-order valence-electron chi connectivity index (χ3n) is 5.13. The summed E-state index contributed by atoms with van der Waals surface area (Å²) in [7, 11) is 1.50. The number of halogens is 2. The van der Waals surface area contributed by atoms with E-state index in [4.69, 9.17) is 21.4 Å². The molecule has 0 unspecified atom stereocenters. The quantitative estimate of drug-likeness (QED) is 0.234. The van der Waals surface area contributed by atoms with E-state index in [1.54, 1.807) is 12.1 Å². The molecule has 4 rings (SSSR count). The third kappa shape index (κ3) is 5.32. The van der Waals surface area contributed by atoms with Crippen molar-refractivity contribution in [3.63, 3.8) is 0 Å². The Balaban J connectivity index is 1.51. The normalized spacial score (nSPS) is 11.0. The maximum Gasteiger partial charge on any atom is 0.261 e. The first kappa shape index (κ1) is 24.4. The molecule has 0 bridgehead atoms. The van der Waals surface area contributed by atoms with Crippen molar-refractivity contribution >= 4 is 71.9 Å². The fourth-order valence-electron chi connectivity index (χ4n) is 3.43. The van der Waals surface area contributed by atoms with Crippen LogP contribution in [-0.4, -0.2) is 23.1 Å². The Morgan fingerprint density at radius 2 is 1.91 bits per heavy atom. The zero-order valence-electron chi connectivity index (χ0n) is 18.6. The Morgan fingerprint density at radius 3 is 2.65 bits per heavy atom. The molecule has 34 heavy (non-hydrogen) atoms. The molecular weight excluding hydrogens is 582 g/mol. The lowest BCUT2D eigenvalue weighted by atomic mass is 10.0. The second-order valence-electron chi connectivity index (χ2n) is 7.86. The summed E-state index contributed by atoms with van der Waals surface area (Å²) in [5.41, 5.74) is 4.58. The number of hydrogen-bond donors (Lipinski definition) is 2. The molecule has 0 spiro atoms. The van der Waals surface area contributed by atoms with Crippen molar-refractivity contribution in [2.75, 3.05) is 12.4 Å².